The summed E-state index contributed by atoms with van der Waals surface area (Å²) in [6.45, 7) is 16.6. The Labute approximate surface area is 176 Å². The molecule has 1 N–H and O–H groups in total. The third-order valence-corrected chi connectivity index (χ3v) is 4.83. The minimum atomic E-state index is 0. The lowest BCUT2D eigenvalue weighted by molar-refractivity contribution is 0.236. The molecule has 0 bridgehead atoms. The van der Waals surface area contributed by atoms with Crippen molar-refractivity contribution in [3.63, 3.8) is 0 Å². The van der Waals surface area contributed by atoms with Crippen LogP contribution in [0.5, 0.6) is 0 Å². The predicted octanol–water partition coefficient (Wildman–Crippen LogP) is 2.52. The molecule has 0 aromatic carbocycles. The summed E-state index contributed by atoms with van der Waals surface area (Å²) in [7, 11) is 0. The highest BCUT2D eigenvalue weighted by Gasteiger charge is 2.20. The van der Waals surface area contributed by atoms with Gasteiger partial charge in [-0.3, -0.25) is 9.89 Å². The molecule has 26 heavy (non-hydrogen) atoms. The number of hydrogen-bond donors (Lipinski definition) is 1. The first kappa shape index (κ1) is 23.0. The minimum Gasteiger partial charge on any atom is -0.357 e. The molecule has 2 rings (SSSR count). The van der Waals surface area contributed by atoms with Crippen LogP contribution in [-0.2, 0) is 0 Å². The summed E-state index contributed by atoms with van der Waals surface area (Å²) >= 11 is 0. The van der Waals surface area contributed by atoms with Gasteiger partial charge in [0, 0.05) is 45.0 Å². The van der Waals surface area contributed by atoms with Crippen LogP contribution in [0.3, 0.4) is 0 Å². The summed E-state index contributed by atoms with van der Waals surface area (Å²) in [6.07, 6.45) is 1.86. The van der Waals surface area contributed by atoms with E-state index in [0.717, 1.165) is 64.1 Å². The molecule has 6 nitrogen and oxygen atoms in total. The molecule has 0 spiro atoms. The van der Waals surface area contributed by atoms with Gasteiger partial charge in [-0.15, -0.1) is 24.0 Å². The summed E-state index contributed by atoms with van der Waals surface area (Å²) < 4.78 is 0. The van der Waals surface area contributed by atoms with E-state index in [2.05, 4.69) is 64.8 Å². The van der Waals surface area contributed by atoms with Crippen molar-refractivity contribution >= 4 is 35.8 Å². The fourth-order valence-corrected chi connectivity index (χ4v) is 3.29. The van der Waals surface area contributed by atoms with Crippen LogP contribution in [0.4, 0.5) is 5.82 Å². The first-order chi connectivity index (χ1) is 12.2. The van der Waals surface area contributed by atoms with Crippen LogP contribution in [0.25, 0.3) is 0 Å². The second kappa shape index (κ2) is 12.3. The lowest BCUT2D eigenvalue weighted by atomic mass is 10.3. The first-order valence-electron chi connectivity index (χ1n) is 9.62. The van der Waals surface area contributed by atoms with Crippen molar-refractivity contribution in [1.82, 2.24) is 20.1 Å². The standard InChI is InChI=1S/C19H34N6.HI/c1-5-20-19(22-16-17(4)23(6-2)7-3)25-14-12-24(13-15-25)18-10-8-9-11-21-18;/h8-11,17H,5-7,12-16H2,1-4H3,(H,20,22);1H. The number of halogens is 1. The number of nitrogens with one attached hydrogen (secondary N) is 1. The number of rotatable bonds is 7. The summed E-state index contributed by atoms with van der Waals surface area (Å²) in [5, 5.41) is 3.46. The minimum absolute atomic E-state index is 0. The molecule has 0 radical (unpaired) electrons. The van der Waals surface area contributed by atoms with Crippen molar-refractivity contribution in [2.75, 3.05) is 57.3 Å². The molecule has 148 valence electrons. The average molecular weight is 474 g/mol. The van der Waals surface area contributed by atoms with Gasteiger partial charge in [-0.1, -0.05) is 19.9 Å². The number of aromatic nitrogens is 1. The molecular formula is C19H35IN6. The molecule has 1 aromatic rings. The highest BCUT2D eigenvalue weighted by molar-refractivity contribution is 14.0. The zero-order valence-corrected chi connectivity index (χ0v) is 19.0. The molecule has 0 aliphatic carbocycles. The van der Waals surface area contributed by atoms with E-state index in [-0.39, 0.29) is 24.0 Å². The largest absolute Gasteiger partial charge is 0.357 e. The average Bonchev–Trinajstić information content (AvgIpc) is 2.67. The Morgan fingerprint density at radius 2 is 1.88 bits per heavy atom. The maximum absolute atomic E-state index is 4.91. The molecule has 1 unspecified atom stereocenters. The lowest BCUT2D eigenvalue weighted by Gasteiger charge is -2.37. The zero-order chi connectivity index (χ0) is 18.1. The second-order valence-corrected chi connectivity index (χ2v) is 6.43. The third kappa shape index (κ3) is 6.57. The Kier molecular flexibility index (Phi) is 10.9. The van der Waals surface area contributed by atoms with E-state index >= 15 is 0 Å². The Morgan fingerprint density at radius 1 is 1.19 bits per heavy atom. The summed E-state index contributed by atoms with van der Waals surface area (Å²) in [5.41, 5.74) is 0. The maximum atomic E-state index is 4.91. The number of guanidine groups is 1. The van der Waals surface area contributed by atoms with Gasteiger partial charge in [-0.25, -0.2) is 4.98 Å². The van der Waals surface area contributed by atoms with E-state index in [4.69, 9.17) is 4.99 Å². The van der Waals surface area contributed by atoms with E-state index in [1.54, 1.807) is 0 Å². The smallest absolute Gasteiger partial charge is 0.194 e. The highest BCUT2D eigenvalue weighted by Crippen LogP contribution is 2.12. The normalized spacial score (nSPS) is 16.4. The molecule has 1 atom stereocenters. The molecule has 0 saturated carbocycles. The van der Waals surface area contributed by atoms with Crippen molar-refractivity contribution < 1.29 is 0 Å². The van der Waals surface area contributed by atoms with E-state index in [0.29, 0.717) is 6.04 Å². The number of likely N-dealkylation sites (N-methyl/N-ethyl adjacent to an activating group) is 1. The number of nitrogens with zero attached hydrogens (tertiary/aromatic N) is 5. The van der Waals surface area contributed by atoms with E-state index in [9.17, 15) is 0 Å². The van der Waals surface area contributed by atoms with Crippen molar-refractivity contribution in [3.8, 4) is 0 Å². The van der Waals surface area contributed by atoms with Gasteiger partial charge in [0.2, 0.25) is 0 Å². The molecule has 1 aliphatic rings. The summed E-state index contributed by atoms with van der Waals surface area (Å²) in [6, 6.07) is 6.57. The number of piperazine rings is 1. The highest BCUT2D eigenvalue weighted by atomic mass is 127. The monoisotopic (exact) mass is 474 g/mol. The Morgan fingerprint density at radius 3 is 2.42 bits per heavy atom. The Bertz CT molecular complexity index is 512. The summed E-state index contributed by atoms with van der Waals surface area (Å²) in [5.74, 6) is 2.11. The molecule has 0 amide bonds. The topological polar surface area (TPSA) is 47.0 Å². The molecule has 1 aliphatic heterocycles. The van der Waals surface area contributed by atoms with Crippen molar-refractivity contribution in [2.24, 2.45) is 4.99 Å². The van der Waals surface area contributed by atoms with Gasteiger partial charge in [0.05, 0.1) is 6.54 Å². The van der Waals surface area contributed by atoms with Gasteiger partial charge < -0.3 is 15.1 Å². The van der Waals surface area contributed by atoms with Crippen LogP contribution in [-0.4, -0.2) is 79.1 Å². The first-order valence-corrected chi connectivity index (χ1v) is 9.62. The van der Waals surface area contributed by atoms with Gasteiger partial charge in [-0.2, -0.15) is 0 Å². The number of pyridine rings is 1. The van der Waals surface area contributed by atoms with Gasteiger partial charge in [0.1, 0.15) is 5.82 Å². The fraction of sp³-hybridized carbons (Fsp3) is 0.684. The zero-order valence-electron chi connectivity index (χ0n) is 16.7. The second-order valence-electron chi connectivity index (χ2n) is 6.43. The van der Waals surface area contributed by atoms with E-state index in [1.807, 2.05) is 12.3 Å². The number of anilines is 1. The molecule has 1 saturated heterocycles. The Hall–Kier alpha value is -1.09. The molecule has 1 fully saturated rings. The predicted molar refractivity (Wildman–Crippen MR) is 122 cm³/mol. The van der Waals surface area contributed by atoms with Gasteiger partial charge in [-0.05, 0) is 39.1 Å². The van der Waals surface area contributed by atoms with E-state index in [1.165, 1.54) is 0 Å². The van der Waals surface area contributed by atoms with Crippen molar-refractivity contribution in [2.45, 2.75) is 33.7 Å². The molecule has 2 heterocycles. The van der Waals surface area contributed by atoms with Crippen molar-refractivity contribution in [1.29, 1.82) is 0 Å². The van der Waals surface area contributed by atoms with Gasteiger partial charge >= 0.3 is 0 Å². The SMILES string of the molecule is CCNC(=NCC(C)N(CC)CC)N1CCN(c2ccccn2)CC1.I. The number of hydrogen-bond acceptors (Lipinski definition) is 4. The van der Waals surface area contributed by atoms with Crippen LogP contribution in [0.1, 0.15) is 27.7 Å². The lowest BCUT2D eigenvalue weighted by Crippen LogP contribution is -2.53. The maximum Gasteiger partial charge on any atom is 0.194 e. The molecular weight excluding hydrogens is 439 g/mol. The number of aliphatic imine (C=N–C) groups is 1. The van der Waals surface area contributed by atoms with Crippen LogP contribution in [0.15, 0.2) is 29.4 Å². The van der Waals surface area contributed by atoms with Crippen LogP contribution in [0.2, 0.25) is 0 Å². The molecule has 1 aromatic heterocycles. The third-order valence-electron chi connectivity index (χ3n) is 4.83. The Balaban J connectivity index is 0.00000338. The van der Waals surface area contributed by atoms with Crippen LogP contribution >= 0.6 is 24.0 Å². The molecule has 7 heteroatoms. The van der Waals surface area contributed by atoms with Gasteiger partial charge in [0.25, 0.3) is 0 Å². The van der Waals surface area contributed by atoms with E-state index < -0.39 is 0 Å². The van der Waals surface area contributed by atoms with Crippen molar-refractivity contribution in [3.05, 3.63) is 24.4 Å². The fourth-order valence-electron chi connectivity index (χ4n) is 3.29. The van der Waals surface area contributed by atoms with Crippen LogP contribution in [0, 0.1) is 0 Å². The summed E-state index contributed by atoms with van der Waals surface area (Å²) in [4.78, 5) is 16.5. The quantitative estimate of drug-likeness (QED) is 0.374. The van der Waals surface area contributed by atoms with Gasteiger partial charge in [0.15, 0.2) is 5.96 Å². The van der Waals surface area contributed by atoms with Crippen LogP contribution < -0.4 is 10.2 Å².